The fourth-order valence-electron chi connectivity index (χ4n) is 4.12. The summed E-state index contributed by atoms with van der Waals surface area (Å²) in [6.45, 7) is 6.43. The van der Waals surface area contributed by atoms with E-state index in [9.17, 15) is 5.11 Å². The lowest BCUT2D eigenvalue weighted by molar-refractivity contribution is -0.102. The monoisotopic (exact) mass is 282 g/mol. The molecule has 0 spiro atoms. The van der Waals surface area contributed by atoms with E-state index >= 15 is 0 Å². The highest BCUT2D eigenvalue weighted by atomic mass is 16.5. The van der Waals surface area contributed by atoms with E-state index in [-0.39, 0.29) is 12.0 Å². The first-order valence-electron chi connectivity index (χ1n) is 7.85. The zero-order valence-electron chi connectivity index (χ0n) is 13.4. The van der Waals surface area contributed by atoms with Gasteiger partial charge < -0.3 is 14.9 Å². The Morgan fingerprint density at radius 1 is 1.40 bits per heavy atom. The Balaban J connectivity index is 2.02. The van der Waals surface area contributed by atoms with Gasteiger partial charge in [0.2, 0.25) is 0 Å². The van der Waals surface area contributed by atoms with E-state index in [0.29, 0.717) is 17.9 Å². The average Bonchev–Trinajstić information content (AvgIpc) is 3.07. The molecule has 0 heterocycles. The van der Waals surface area contributed by atoms with Gasteiger partial charge in [-0.3, -0.25) is 0 Å². The summed E-state index contributed by atoms with van der Waals surface area (Å²) in [7, 11) is 1.78. The summed E-state index contributed by atoms with van der Waals surface area (Å²) >= 11 is 0. The van der Waals surface area contributed by atoms with E-state index in [1.807, 2.05) is 13.8 Å². The summed E-state index contributed by atoms with van der Waals surface area (Å²) in [6, 6.07) is 0. The molecule has 3 heteroatoms. The van der Waals surface area contributed by atoms with Crippen molar-refractivity contribution < 1.29 is 14.9 Å². The maximum absolute atomic E-state index is 10.8. The standard InChI is InChI=1S/C17H30O3/c1-12(11-18)5-6-13-10-16(13,2)15-9-14(20-4)7-8-17(15,3)19/h5,13-15,18-19H,6-11H2,1-4H3. The molecule has 2 fully saturated rings. The highest BCUT2D eigenvalue weighted by Gasteiger charge is 2.60. The fraction of sp³-hybridized carbons (Fsp3) is 0.882. The molecular formula is C17H30O3. The molecule has 5 atom stereocenters. The van der Waals surface area contributed by atoms with Gasteiger partial charge in [0, 0.05) is 7.11 Å². The van der Waals surface area contributed by atoms with Crippen molar-refractivity contribution in [2.24, 2.45) is 17.3 Å². The average molecular weight is 282 g/mol. The van der Waals surface area contributed by atoms with Crippen LogP contribution in [0.4, 0.5) is 0 Å². The van der Waals surface area contributed by atoms with Crippen molar-refractivity contribution in [2.45, 2.75) is 64.6 Å². The number of aliphatic hydroxyl groups is 2. The largest absolute Gasteiger partial charge is 0.392 e. The van der Waals surface area contributed by atoms with Gasteiger partial charge in [0.05, 0.1) is 18.3 Å². The molecule has 0 aromatic carbocycles. The summed E-state index contributed by atoms with van der Waals surface area (Å²) < 4.78 is 5.53. The van der Waals surface area contributed by atoms with Crippen LogP contribution in [0.5, 0.6) is 0 Å². The molecule has 2 N–H and O–H groups in total. The summed E-state index contributed by atoms with van der Waals surface area (Å²) in [4.78, 5) is 0. The summed E-state index contributed by atoms with van der Waals surface area (Å²) in [5.41, 5.74) is 0.714. The molecule has 0 saturated heterocycles. The minimum atomic E-state index is -0.561. The number of methoxy groups -OCH3 is 1. The number of ether oxygens (including phenoxy) is 1. The van der Waals surface area contributed by atoms with Crippen molar-refractivity contribution in [1.29, 1.82) is 0 Å². The van der Waals surface area contributed by atoms with E-state index < -0.39 is 5.60 Å². The number of hydrogen-bond donors (Lipinski definition) is 2. The molecule has 3 nitrogen and oxygen atoms in total. The van der Waals surface area contributed by atoms with Crippen LogP contribution in [-0.2, 0) is 4.74 Å². The van der Waals surface area contributed by atoms with Crippen LogP contribution in [0.2, 0.25) is 0 Å². The van der Waals surface area contributed by atoms with Gasteiger partial charge in [-0.05, 0) is 63.2 Å². The van der Waals surface area contributed by atoms with Gasteiger partial charge in [0.15, 0.2) is 0 Å². The lowest BCUT2D eigenvalue weighted by Crippen LogP contribution is -2.46. The van der Waals surface area contributed by atoms with Gasteiger partial charge in [-0.1, -0.05) is 18.6 Å². The SMILES string of the molecule is COC1CCC(C)(O)C(C2(C)CC2CC=C(C)CO)C1. The highest BCUT2D eigenvalue weighted by molar-refractivity contribution is 5.12. The van der Waals surface area contributed by atoms with Crippen molar-refractivity contribution in [3.05, 3.63) is 11.6 Å². The maximum atomic E-state index is 10.8. The normalized spacial score (nSPS) is 45.5. The second-order valence-corrected chi connectivity index (χ2v) is 7.39. The minimum Gasteiger partial charge on any atom is -0.392 e. The molecule has 0 aliphatic heterocycles. The molecule has 2 saturated carbocycles. The Morgan fingerprint density at radius 3 is 2.70 bits per heavy atom. The molecular weight excluding hydrogens is 252 g/mol. The molecule has 2 aliphatic rings. The maximum Gasteiger partial charge on any atom is 0.0655 e. The van der Waals surface area contributed by atoms with E-state index in [2.05, 4.69) is 13.0 Å². The van der Waals surface area contributed by atoms with Crippen LogP contribution in [0, 0.1) is 17.3 Å². The quantitative estimate of drug-likeness (QED) is 0.762. The molecule has 0 amide bonds. The van der Waals surface area contributed by atoms with Crippen molar-refractivity contribution >= 4 is 0 Å². The van der Waals surface area contributed by atoms with E-state index in [1.54, 1.807) is 7.11 Å². The first kappa shape index (κ1) is 16.0. The topological polar surface area (TPSA) is 49.7 Å². The highest BCUT2D eigenvalue weighted by Crippen LogP contribution is 2.64. The molecule has 2 rings (SSSR count). The number of rotatable bonds is 5. The minimum absolute atomic E-state index is 0.149. The Hall–Kier alpha value is -0.380. The van der Waals surface area contributed by atoms with Crippen LogP contribution in [0.1, 0.15) is 52.9 Å². The van der Waals surface area contributed by atoms with E-state index in [1.165, 1.54) is 6.42 Å². The second kappa shape index (κ2) is 5.78. The molecule has 2 aliphatic carbocycles. The Kier molecular flexibility index (Phi) is 4.63. The molecule has 0 bridgehead atoms. The zero-order valence-corrected chi connectivity index (χ0v) is 13.4. The van der Waals surface area contributed by atoms with E-state index in [4.69, 9.17) is 9.84 Å². The third-order valence-electron chi connectivity index (χ3n) is 5.81. The van der Waals surface area contributed by atoms with Crippen LogP contribution in [0.25, 0.3) is 0 Å². The molecule has 0 aromatic heterocycles. The zero-order chi connectivity index (χ0) is 15.0. The number of hydrogen-bond acceptors (Lipinski definition) is 3. The first-order valence-corrected chi connectivity index (χ1v) is 7.85. The van der Waals surface area contributed by atoms with Crippen LogP contribution in [0.15, 0.2) is 11.6 Å². The van der Waals surface area contributed by atoms with Crippen molar-refractivity contribution in [3.8, 4) is 0 Å². The number of allylic oxidation sites excluding steroid dienone is 1. The molecule has 5 unspecified atom stereocenters. The van der Waals surface area contributed by atoms with Gasteiger partial charge >= 0.3 is 0 Å². The summed E-state index contributed by atoms with van der Waals surface area (Å²) in [6.07, 6.45) is 7.43. The first-order chi connectivity index (χ1) is 9.33. The fourth-order valence-corrected chi connectivity index (χ4v) is 4.12. The van der Waals surface area contributed by atoms with Crippen LogP contribution in [0.3, 0.4) is 0 Å². The molecule has 0 aromatic rings. The van der Waals surface area contributed by atoms with Crippen LogP contribution < -0.4 is 0 Å². The van der Waals surface area contributed by atoms with Gasteiger partial charge in [0.25, 0.3) is 0 Å². The van der Waals surface area contributed by atoms with Crippen molar-refractivity contribution in [1.82, 2.24) is 0 Å². The van der Waals surface area contributed by atoms with Gasteiger partial charge in [-0.15, -0.1) is 0 Å². The van der Waals surface area contributed by atoms with Crippen molar-refractivity contribution in [3.63, 3.8) is 0 Å². The third kappa shape index (κ3) is 3.10. The smallest absolute Gasteiger partial charge is 0.0655 e. The Labute approximate surface area is 123 Å². The van der Waals surface area contributed by atoms with Gasteiger partial charge in [-0.25, -0.2) is 0 Å². The molecule has 116 valence electrons. The third-order valence-corrected chi connectivity index (χ3v) is 5.81. The van der Waals surface area contributed by atoms with Gasteiger partial charge in [0.1, 0.15) is 0 Å². The molecule has 0 radical (unpaired) electrons. The predicted octanol–water partition coefficient (Wildman–Crippen LogP) is 2.91. The van der Waals surface area contributed by atoms with Crippen LogP contribution in [-0.4, -0.2) is 35.6 Å². The molecule has 20 heavy (non-hydrogen) atoms. The summed E-state index contributed by atoms with van der Waals surface area (Å²) in [5, 5.41) is 19.8. The number of aliphatic hydroxyl groups excluding tert-OH is 1. The Morgan fingerprint density at radius 2 is 2.10 bits per heavy atom. The second-order valence-electron chi connectivity index (χ2n) is 7.39. The van der Waals surface area contributed by atoms with E-state index in [0.717, 1.165) is 31.3 Å². The Bertz CT molecular complexity index is 374. The van der Waals surface area contributed by atoms with Gasteiger partial charge in [-0.2, -0.15) is 0 Å². The lowest BCUT2D eigenvalue weighted by Gasteiger charge is -2.44. The lowest BCUT2D eigenvalue weighted by atomic mass is 9.67. The van der Waals surface area contributed by atoms with Crippen LogP contribution >= 0.6 is 0 Å². The van der Waals surface area contributed by atoms with Crippen molar-refractivity contribution in [2.75, 3.05) is 13.7 Å². The summed E-state index contributed by atoms with van der Waals surface area (Å²) in [5.74, 6) is 0.956. The predicted molar refractivity (Wildman–Crippen MR) is 80.4 cm³/mol.